The van der Waals surface area contributed by atoms with Gasteiger partial charge in [-0.3, -0.25) is 4.98 Å². The Morgan fingerprint density at radius 1 is 1.31 bits per heavy atom. The van der Waals surface area contributed by atoms with E-state index >= 15 is 0 Å². The molecule has 0 aliphatic rings. The van der Waals surface area contributed by atoms with Crippen LogP contribution in [0.2, 0.25) is 0 Å². The summed E-state index contributed by atoms with van der Waals surface area (Å²) in [5.41, 5.74) is 2.71. The molecule has 0 aliphatic carbocycles. The largest absolute Gasteiger partial charge is 0.310 e. The van der Waals surface area contributed by atoms with E-state index in [-0.39, 0.29) is 0 Å². The molecule has 1 aromatic heterocycles. The minimum absolute atomic E-state index is 0.503. The van der Waals surface area contributed by atoms with Gasteiger partial charge in [0.15, 0.2) is 0 Å². The Morgan fingerprint density at radius 3 is 2.75 bits per heavy atom. The highest BCUT2D eigenvalue weighted by molar-refractivity contribution is 5.25. The van der Waals surface area contributed by atoms with Gasteiger partial charge in [-0.05, 0) is 43.5 Å². The molecular weight excluding hydrogens is 196 g/mol. The van der Waals surface area contributed by atoms with Crippen molar-refractivity contribution in [3.05, 3.63) is 29.6 Å². The number of pyridine rings is 1. The number of aromatic nitrogens is 1. The summed E-state index contributed by atoms with van der Waals surface area (Å²) in [5, 5.41) is 3.63. The van der Waals surface area contributed by atoms with Crippen LogP contribution in [0.1, 0.15) is 56.7 Å². The Bertz CT molecular complexity index is 289. The van der Waals surface area contributed by atoms with Gasteiger partial charge in [0.25, 0.3) is 0 Å². The number of nitrogens with one attached hydrogen (secondary N) is 1. The normalized spacial score (nSPS) is 12.7. The van der Waals surface area contributed by atoms with Crippen molar-refractivity contribution in [2.75, 3.05) is 6.54 Å². The summed E-state index contributed by atoms with van der Waals surface area (Å²) < 4.78 is 0. The second-order valence-corrected chi connectivity index (χ2v) is 4.38. The third kappa shape index (κ3) is 3.93. The van der Waals surface area contributed by atoms with Gasteiger partial charge < -0.3 is 5.32 Å². The number of unbranched alkanes of at least 4 members (excludes halogenated alkanes) is 1. The summed E-state index contributed by atoms with van der Waals surface area (Å²) in [7, 11) is 0. The molecule has 2 nitrogen and oxygen atoms in total. The molecule has 0 saturated heterocycles. The zero-order valence-corrected chi connectivity index (χ0v) is 10.8. The van der Waals surface area contributed by atoms with E-state index in [2.05, 4.69) is 37.1 Å². The second kappa shape index (κ2) is 7.39. The average Bonchev–Trinajstić information content (AvgIpc) is 2.31. The van der Waals surface area contributed by atoms with Crippen molar-refractivity contribution in [1.82, 2.24) is 10.3 Å². The van der Waals surface area contributed by atoms with E-state index in [1.54, 1.807) is 0 Å². The van der Waals surface area contributed by atoms with E-state index in [1.165, 1.54) is 36.8 Å². The van der Waals surface area contributed by atoms with Gasteiger partial charge in [-0.1, -0.05) is 26.7 Å². The molecule has 90 valence electrons. The molecule has 0 bridgehead atoms. The van der Waals surface area contributed by atoms with E-state index in [9.17, 15) is 0 Å². The van der Waals surface area contributed by atoms with Crippen LogP contribution in [0.25, 0.3) is 0 Å². The summed E-state index contributed by atoms with van der Waals surface area (Å²) in [6.45, 7) is 7.70. The van der Waals surface area contributed by atoms with Crippen molar-refractivity contribution in [2.24, 2.45) is 0 Å². The summed E-state index contributed by atoms with van der Waals surface area (Å²) >= 11 is 0. The minimum Gasteiger partial charge on any atom is -0.310 e. The lowest BCUT2D eigenvalue weighted by Crippen LogP contribution is -2.22. The minimum atomic E-state index is 0.503. The van der Waals surface area contributed by atoms with Crippen LogP contribution in [0.4, 0.5) is 0 Å². The van der Waals surface area contributed by atoms with E-state index in [0.717, 1.165) is 6.54 Å². The molecule has 0 radical (unpaired) electrons. The number of rotatable bonds is 7. The highest BCUT2D eigenvalue weighted by atomic mass is 14.9. The molecule has 0 saturated carbocycles. The fraction of sp³-hybridized carbons (Fsp3) is 0.643. The number of aryl methyl sites for hydroxylation is 1. The van der Waals surface area contributed by atoms with E-state index < -0.39 is 0 Å². The first-order valence-corrected chi connectivity index (χ1v) is 6.43. The number of nitrogens with zero attached hydrogens (tertiary/aromatic N) is 1. The summed E-state index contributed by atoms with van der Waals surface area (Å²) in [6, 6.07) is 2.65. The maximum atomic E-state index is 4.16. The van der Waals surface area contributed by atoms with Gasteiger partial charge in [0, 0.05) is 18.4 Å². The molecular formula is C14H24N2. The summed E-state index contributed by atoms with van der Waals surface area (Å²) in [6.07, 6.45) is 8.81. The van der Waals surface area contributed by atoms with Crippen molar-refractivity contribution < 1.29 is 0 Å². The summed E-state index contributed by atoms with van der Waals surface area (Å²) in [4.78, 5) is 4.16. The maximum Gasteiger partial charge on any atom is 0.0323 e. The van der Waals surface area contributed by atoms with Gasteiger partial charge in [-0.15, -0.1) is 0 Å². The van der Waals surface area contributed by atoms with Crippen molar-refractivity contribution in [2.45, 2.75) is 52.5 Å². The van der Waals surface area contributed by atoms with Crippen LogP contribution in [-0.2, 0) is 0 Å². The topological polar surface area (TPSA) is 24.9 Å². The standard InChI is InChI=1S/C14H24N2/c1-4-6-7-14(16-9-5-2)13-8-10-15-11-12(13)3/h8,10-11,14,16H,4-7,9H2,1-3H3. The molecule has 1 atom stereocenters. The predicted molar refractivity (Wildman–Crippen MR) is 69.5 cm³/mol. The van der Waals surface area contributed by atoms with Crippen molar-refractivity contribution in [3.8, 4) is 0 Å². The first-order chi connectivity index (χ1) is 7.79. The first-order valence-electron chi connectivity index (χ1n) is 6.43. The van der Waals surface area contributed by atoms with E-state index in [4.69, 9.17) is 0 Å². The Kier molecular flexibility index (Phi) is 6.09. The molecule has 1 unspecified atom stereocenters. The predicted octanol–water partition coefficient (Wildman–Crippen LogP) is 3.62. The molecule has 0 spiro atoms. The fourth-order valence-corrected chi connectivity index (χ4v) is 1.97. The highest BCUT2D eigenvalue weighted by Gasteiger charge is 2.11. The molecule has 0 aliphatic heterocycles. The van der Waals surface area contributed by atoms with Crippen molar-refractivity contribution in [1.29, 1.82) is 0 Å². The SMILES string of the molecule is CCCCC(NCCC)c1ccncc1C. The van der Waals surface area contributed by atoms with E-state index in [1.807, 2.05) is 12.4 Å². The molecule has 0 aromatic carbocycles. The lowest BCUT2D eigenvalue weighted by Gasteiger charge is -2.20. The molecule has 1 N–H and O–H groups in total. The van der Waals surface area contributed by atoms with Crippen LogP contribution in [0.5, 0.6) is 0 Å². The summed E-state index contributed by atoms with van der Waals surface area (Å²) in [5.74, 6) is 0. The third-order valence-corrected chi connectivity index (χ3v) is 2.93. The van der Waals surface area contributed by atoms with E-state index in [0.29, 0.717) is 6.04 Å². The lowest BCUT2D eigenvalue weighted by atomic mass is 9.98. The van der Waals surface area contributed by atoms with Gasteiger partial charge in [0.1, 0.15) is 0 Å². The van der Waals surface area contributed by atoms with Crippen LogP contribution in [0, 0.1) is 6.92 Å². The van der Waals surface area contributed by atoms with Crippen LogP contribution in [0.15, 0.2) is 18.5 Å². The van der Waals surface area contributed by atoms with Crippen LogP contribution in [-0.4, -0.2) is 11.5 Å². The monoisotopic (exact) mass is 220 g/mol. The molecule has 0 amide bonds. The first kappa shape index (κ1) is 13.2. The van der Waals surface area contributed by atoms with Crippen LogP contribution in [0.3, 0.4) is 0 Å². The lowest BCUT2D eigenvalue weighted by molar-refractivity contribution is 0.479. The van der Waals surface area contributed by atoms with Gasteiger partial charge in [0.2, 0.25) is 0 Å². The fourth-order valence-electron chi connectivity index (χ4n) is 1.97. The Morgan fingerprint density at radius 2 is 2.12 bits per heavy atom. The van der Waals surface area contributed by atoms with Gasteiger partial charge in [-0.25, -0.2) is 0 Å². The molecule has 0 fully saturated rings. The second-order valence-electron chi connectivity index (χ2n) is 4.38. The Hall–Kier alpha value is -0.890. The molecule has 16 heavy (non-hydrogen) atoms. The van der Waals surface area contributed by atoms with Gasteiger partial charge in [-0.2, -0.15) is 0 Å². The zero-order valence-electron chi connectivity index (χ0n) is 10.8. The Balaban J connectivity index is 2.70. The van der Waals surface area contributed by atoms with Crippen LogP contribution < -0.4 is 5.32 Å². The zero-order chi connectivity index (χ0) is 11.8. The number of hydrogen-bond acceptors (Lipinski definition) is 2. The van der Waals surface area contributed by atoms with Gasteiger partial charge >= 0.3 is 0 Å². The molecule has 1 aromatic rings. The highest BCUT2D eigenvalue weighted by Crippen LogP contribution is 2.21. The molecule has 2 heteroatoms. The average molecular weight is 220 g/mol. The number of hydrogen-bond donors (Lipinski definition) is 1. The molecule has 1 heterocycles. The van der Waals surface area contributed by atoms with Gasteiger partial charge in [0.05, 0.1) is 0 Å². The quantitative estimate of drug-likeness (QED) is 0.759. The smallest absolute Gasteiger partial charge is 0.0323 e. The molecule has 1 rings (SSSR count). The van der Waals surface area contributed by atoms with Crippen molar-refractivity contribution >= 4 is 0 Å². The van der Waals surface area contributed by atoms with Crippen molar-refractivity contribution in [3.63, 3.8) is 0 Å². The maximum absolute atomic E-state index is 4.16. The third-order valence-electron chi connectivity index (χ3n) is 2.93. The van der Waals surface area contributed by atoms with Crippen LogP contribution >= 0.6 is 0 Å². The Labute approximate surface area is 99.5 Å².